The predicted molar refractivity (Wildman–Crippen MR) is 150 cm³/mol. The Balaban J connectivity index is 1.57. The van der Waals surface area contributed by atoms with E-state index in [0.717, 1.165) is 22.5 Å². The van der Waals surface area contributed by atoms with Gasteiger partial charge in [0, 0.05) is 23.4 Å². The van der Waals surface area contributed by atoms with Crippen LogP contribution in [-0.4, -0.2) is 31.9 Å². The lowest BCUT2D eigenvalue weighted by Crippen LogP contribution is -2.29. The predicted octanol–water partition coefficient (Wildman–Crippen LogP) is 6.12. The number of rotatable bonds is 7. The van der Waals surface area contributed by atoms with Crippen molar-refractivity contribution in [3.05, 3.63) is 116 Å². The number of Topliss-reactive ketones (excluding diaryl/α,β-unsaturated/α-hetero) is 1. The summed E-state index contributed by atoms with van der Waals surface area (Å²) in [5.74, 6) is -2.01. The molecular formula is C28H21FN4O5S2. The first-order chi connectivity index (χ1) is 19.1. The van der Waals surface area contributed by atoms with Crippen LogP contribution in [0.5, 0.6) is 0 Å². The van der Waals surface area contributed by atoms with E-state index in [1.807, 2.05) is 13.0 Å². The Labute approximate surface area is 236 Å². The molecule has 1 atom stereocenters. The van der Waals surface area contributed by atoms with Crippen LogP contribution in [0.1, 0.15) is 33.9 Å². The number of nitrogens with zero attached hydrogens (tertiary/aromatic N) is 4. The van der Waals surface area contributed by atoms with E-state index in [9.17, 15) is 29.2 Å². The summed E-state index contributed by atoms with van der Waals surface area (Å²) in [6.45, 7) is 3.62. The van der Waals surface area contributed by atoms with Gasteiger partial charge in [-0.2, -0.15) is 0 Å². The number of hydrogen-bond donors (Lipinski definition) is 1. The summed E-state index contributed by atoms with van der Waals surface area (Å²) in [5.41, 5.74) is 2.88. The minimum Gasteiger partial charge on any atom is -0.507 e. The van der Waals surface area contributed by atoms with Crippen LogP contribution < -0.4 is 4.90 Å². The Morgan fingerprint density at radius 3 is 2.45 bits per heavy atom. The topological polar surface area (TPSA) is 127 Å². The summed E-state index contributed by atoms with van der Waals surface area (Å²) < 4.78 is 13.7. The summed E-state index contributed by atoms with van der Waals surface area (Å²) in [4.78, 5) is 38.7. The highest BCUT2D eigenvalue weighted by molar-refractivity contribution is 8.00. The number of ketones is 1. The maximum absolute atomic E-state index is 13.4. The first kappa shape index (κ1) is 27.2. The zero-order valence-corrected chi connectivity index (χ0v) is 22.8. The van der Waals surface area contributed by atoms with Gasteiger partial charge in [0.15, 0.2) is 4.34 Å². The van der Waals surface area contributed by atoms with Gasteiger partial charge < -0.3 is 5.11 Å². The average molecular weight is 577 g/mol. The fraction of sp³-hybridized carbons (Fsp3) is 0.143. The molecule has 2 heterocycles. The van der Waals surface area contributed by atoms with Gasteiger partial charge in [0.2, 0.25) is 5.13 Å². The van der Waals surface area contributed by atoms with Crippen LogP contribution in [-0.2, 0) is 15.3 Å². The molecule has 9 nitrogen and oxygen atoms in total. The van der Waals surface area contributed by atoms with Crippen molar-refractivity contribution in [3.63, 3.8) is 0 Å². The number of carbonyl (C=O) groups excluding carboxylic acids is 2. The van der Waals surface area contributed by atoms with Gasteiger partial charge in [-0.3, -0.25) is 24.6 Å². The van der Waals surface area contributed by atoms with Crippen molar-refractivity contribution >= 4 is 51.4 Å². The maximum atomic E-state index is 13.4. The molecule has 1 amide bonds. The largest absolute Gasteiger partial charge is 0.507 e. The molecule has 0 aliphatic carbocycles. The zero-order chi connectivity index (χ0) is 28.6. The summed E-state index contributed by atoms with van der Waals surface area (Å²) in [6.07, 6.45) is 0. The molecule has 1 N–H and O–H groups in total. The van der Waals surface area contributed by atoms with Crippen LogP contribution in [0.15, 0.2) is 76.6 Å². The van der Waals surface area contributed by atoms with E-state index in [1.54, 1.807) is 31.2 Å². The van der Waals surface area contributed by atoms with E-state index in [0.29, 0.717) is 26.8 Å². The number of aliphatic hydroxyl groups excluding tert-OH is 1. The molecule has 0 saturated carbocycles. The van der Waals surface area contributed by atoms with Crippen LogP contribution in [0.3, 0.4) is 0 Å². The highest BCUT2D eigenvalue weighted by atomic mass is 32.2. The van der Waals surface area contributed by atoms with Crippen LogP contribution >= 0.6 is 23.1 Å². The van der Waals surface area contributed by atoms with Gasteiger partial charge in [-0.05, 0) is 60.9 Å². The summed E-state index contributed by atoms with van der Waals surface area (Å²) >= 11 is 2.42. The second-order valence-electron chi connectivity index (χ2n) is 9.10. The number of carbonyl (C=O) groups is 2. The number of non-ortho nitro benzene ring substituents is 1. The monoisotopic (exact) mass is 576 g/mol. The maximum Gasteiger partial charge on any atom is 0.301 e. The van der Waals surface area contributed by atoms with Gasteiger partial charge in [-0.15, -0.1) is 10.2 Å². The molecule has 1 aromatic heterocycles. The van der Waals surface area contributed by atoms with Crippen molar-refractivity contribution in [2.45, 2.75) is 30.0 Å². The van der Waals surface area contributed by atoms with Gasteiger partial charge in [0.25, 0.3) is 11.5 Å². The second-order valence-corrected chi connectivity index (χ2v) is 11.3. The van der Waals surface area contributed by atoms with E-state index < -0.39 is 22.7 Å². The van der Waals surface area contributed by atoms with Crippen molar-refractivity contribution in [1.82, 2.24) is 10.2 Å². The minimum absolute atomic E-state index is 0.132. The third kappa shape index (κ3) is 5.23. The number of amides is 1. The highest BCUT2D eigenvalue weighted by Crippen LogP contribution is 2.44. The Bertz CT molecular complexity index is 1670. The molecule has 40 heavy (non-hydrogen) atoms. The van der Waals surface area contributed by atoms with Crippen molar-refractivity contribution in [2.75, 3.05) is 4.90 Å². The highest BCUT2D eigenvalue weighted by Gasteiger charge is 2.48. The van der Waals surface area contributed by atoms with Crippen LogP contribution in [0.25, 0.3) is 5.76 Å². The Kier molecular flexibility index (Phi) is 7.46. The van der Waals surface area contributed by atoms with Gasteiger partial charge in [0.1, 0.15) is 11.6 Å². The molecule has 12 heteroatoms. The molecule has 1 aliphatic heterocycles. The molecule has 3 aromatic carbocycles. The van der Waals surface area contributed by atoms with Crippen LogP contribution in [0.4, 0.5) is 15.2 Å². The van der Waals surface area contributed by atoms with Crippen molar-refractivity contribution in [2.24, 2.45) is 0 Å². The zero-order valence-electron chi connectivity index (χ0n) is 21.2. The Morgan fingerprint density at radius 2 is 1.77 bits per heavy atom. The van der Waals surface area contributed by atoms with Gasteiger partial charge in [-0.25, -0.2) is 4.39 Å². The number of aliphatic hydroxyl groups is 1. The molecular weight excluding hydrogens is 555 g/mol. The Morgan fingerprint density at radius 1 is 1.07 bits per heavy atom. The fourth-order valence-electron chi connectivity index (χ4n) is 4.34. The van der Waals surface area contributed by atoms with Crippen LogP contribution in [0, 0.1) is 29.8 Å². The van der Waals surface area contributed by atoms with E-state index in [2.05, 4.69) is 10.2 Å². The summed E-state index contributed by atoms with van der Waals surface area (Å²) in [6, 6.07) is 15.8. The van der Waals surface area contributed by atoms with E-state index in [4.69, 9.17) is 0 Å². The lowest BCUT2D eigenvalue weighted by atomic mass is 9.93. The third-order valence-corrected chi connectivity index (χ3v) is 8.52. The number of thioether (sulfide) groups is 1. The fourth-order valence-corrected chi connectivity index (χ4v) is 6.17. The van der Waals surface area contributed by atoms with E-state index in [-0.39, 0.29) is 28.0 Å². The molecule has 1 saturated heterocycles. The molecule has 1 aliphatic rings. The quantitative estimate of drug-likeness (QED) is 0.0530. The molecule has 4 aromatic rings. The molecule has 0 bridgehead atoms. The molecule has 202 valence electrons. The van der Waals surface area contributed by atoms with Crippen molar-refractivity contribution in [3.8, 4) is 0 Å². The number of aryl methyl sites for hydroxylation is 2. The number of nitro groups is 1. The Hall–Kier alpha value is -4.42. The molecule has 1 unspecified atom stereocenters. The first-order valence-corrected chi connectivity index (χ1v) is 13.8. The number of halogens is 1. The number of anilines is 1. The molecule has 5 rings (SSSR count). The van der Waals surface area contributed by atoms with Crippen LogP contribution in [0.2, 0.25) is 0 Å². The smallest absolute Gasteiger partial charge is 0.301 e. The average Bonchev–Trinajstić information content (AvgIpc) is 3.51. The van der Waals surface area contributed by atoms with Crippen molar-refractivity contribution in [1.29, 1.82) is 0 Å². The number of aromatic nitrogens is 2. The lowest BCUT2D eigenvalue weighted by molar-refractivity contribution is -0.384. The number of benzene rings is 3. The van der Waals surface area contributed by atoms with Gasteiger partial charge in [0.05, 0.1) is 16.5 Å². The number of nitro benzene ring substituents is 1. The van der Waals surface area contributed by atoms with Gasteiger partial charge >= 0.3 is 5.91 Å². The normalized spacial score (nSPS) is 16.5. The standard InChI is InChI=1S/C28H21FN4O5S2/c1-15-3-4-16(2)21(13-15)24(34)22-23(18-7-11-20(12-8-18)33(37)38)32(26(36)25(22)35)27-30-31-28(40-27)39-14-17-5-9-19(29)10-6-17/h3-13,23,34H,14H2,1-2H3. The molecule has 0 spiro atoms. The van der Waals surface area contributed by atoms with Crippen molar-refractivity contribution < 1.29 is 24.0 Å². The second kappa shape index (κ2) is 11.0. The minimum atomic E-state index is -1.09. The third-order valence-electron chi connectivity index (χ3n) is 6.39. The van der Waals surface area contributed by atoms with E-state index >= 15 is 0 Å². The first-order valence-electron chi connectivity index (χ1n) is 12.0. The summed E-state index contributed by atoms with van der Waals surface area (Å²) in [5, 5.41) is 31.1. The lowest BCUT2D eigenvalue weighted by Gasteiger charge is -2.22. The summed E-state index contributed by atoms with van der Waals surface area (Å²) in [7, 11) is 0. The molecule has 0 radical (unpaired) electrons. The molecule has 1 fully saturated rings. The van der Waals surface area contributed by atoms with E-state index in [1.165, 1.54) is 53.1 Å². The SMILES string of the molecule is Cc1ccc(C)c(C(O)=C2C(=O)C(=O)N(c3nnc(SCc4ccc(F)cc4)s3)C2c2ccc([N+](=O)[O-])cc2)c1. The number of hydrogen-bond acceptors (Lipinski definition) is 9. The van der Waals surface area contributed by atoms with Gasteiger partial charge in [-0.1, -0.05) is 52.9 Å².